The molecule has 0 saturated carbocycles. The smallest absolute Gasteiger partial charge is 0.325 e. The van der Waals surface area contributed by atoms with Gasteiger partial charge < -0.3 is 5.32 Å². The minimum Gasteiger partial charge on any atom is -0.325 e. The van der Waals surface area contributed by atoms with Crippen LogP contribution in [0.15, 0.2) is 29.3 Å². The molecular formula is C12H10ClF3N2OS. The molecule has 0 radical (unpaired) electrons. The van der Waals surface area contributed by atoms with E-state index in [-0.39, 0.29) is 4.50 Å². The van der Waals surface area contributed by atoms with Crippen LogP contribution in [0.25, 0.3) is 0 Å². The van der Waals surface area contributed by atoms with Gasteiger partial charge in [0.05, 0.1) is 0 Å². The average molecular weight is 323 g/mol. The van der Waals surface area contributed by atoms with Crippen molar-refractivity contribution in [1.29, 1.82) is 0 Å². The molecule has 0 spiro atoms. The summed E-state index contributed by atoms with van der Waals surface area (Å²) in [6.07, 6.45) is -4.60. The first-order chi connectivity index (χ1) is 9.27. The predicted molar refractivity (Wildman–Crippen MR) is 74.3 cm³/mol. The summed E-state index contributed by atoms with van der Waals surface area (Å²) < 4.78 is 38.1. The quantitative estimate of drug-likeness (QED) is 0.904. The third kappa shape index (κ3) is 3.46. The summed E-state index contributed by atoms with van der Waals surface area (Å²) in [6, 6.07) is 4.64. The van der Waals surface area contributed by atoms with Crippen LogP contribution in [0.2, 0.25) is 0 Å². The molecule has 0 saturated heterocycles. The summed E-state index contributed by atoms with van der Waals surface area (Å²) in [5, 5.41) is 1.04. The van der Waals surface area contributed by atoms with E-state index in [9.17, 15) is 18.0 Å². The number of alkyl halides is 3. The van der Waals surface area contributed by atoms with Crippen LogP contribution < -0.4 is 5.32 Å². The van der Waals surface area contributed by atoms with E-state index in [1.165, 1.54) is 0 Å². The standard InChI is InChI=1S/C12H10ClF3N2OS/c1-6-2-4-7(5-3-6)17-10(19)8-9(12(14,15)16)18-11(13)20-8/h2-5,8-9H,1H3,(H,17,19). The Morgan fingerprint density at radius 1 is 1.35 bits per heavy atom. The number of aryl methyl sites for hydroxylation is 1. The predicted octanol–water partition coefficient (Wildman–Crippen LogP) is 3.57. The molecule has 1 heterocycles. The first-order valence-corrected chi connectivity index (χ1v) is 6.87. The Kier molecular flexibility index (Phi) is 4.29. The third-order valence-electron chi connectivity index (χ3n) is 2.66. The molecule has 0 aromatic heterocycles. The minimum absolute atomic E-state index is 0.253. The van der Waals surface area contributed by atoms with Crippen LogP contribution in [-0.2, 0) is 4.79 Å². The lowest BCUT2D eigenvalue weighted by Gasteiger charge is -2.19. The molecule has 2 unspecified atom stereocenters. The lowest BCUT2D eigenvalue weighted by molar-refractivity contribution is -0.150. The van der Waals surface area contributed by atoms with Crippen molar-refractivity contribution < 1.29 is 18.0 Å². The van der Waals surface area contributed by atoms with Crippen molar-refractivity contribution >= 4 is 39.5 Å². The van der Waals surface area contributed by atoms with Crippen LogP contribution >= 0.6 is 23.4 Å². The first-order valence-electron chi connectivity index (χ1n) is 5.61. The van der Waals surface area contributed by atoms with E-state index in [1.54, 1.807) is 24.3 Å². The third-order valence-corrected chi connectivity index (χ3v) is 4.06. The van der Waals surface area contributed by atoms with Gasteiger partial charge >= 0.3 is 6.18 Å². The number of benzene rings is 1. The maximum atomic E-state index is 12.8. The highest BCUT2D eigenvalue weighted by Crippen LogP contribution is 2.38. The number of hydrogen-bond donors (Lipinski definition) is 1. The normalized spacial score (nSPS) is 22.6. The lowest BCUT2D eigenvalue weighted by atomic mass is 10.1. The number of carbonyl (C=O) groups excluding carboxylic acids is 1. The first kappa shape index (κ1) is 15.2. The van der Waals surface area contributed by atoms with Crippen LogP contribution in [-0.4, -0.2) is 27.9 Å². The van der Waals surface area contributed by atoms with E-state index in [2.05, 4.69) is 10.3 Å². The molecule has 2 atom stereocenters. The van der Waals surface area contributed by atoms with Gasteiger partial charge in [0.25, 0.3) is 0 Å². The van der Waals surface area contributed by atoms with E-state index in [0.717, 1.165) is 5.56 Å². The largest absolute Gasteiger partial charge is 0.412 e. The number of aliphatic imine (C=N–C) groups is 1. The van der Waals surface area contributed by atoms with Crippen LogP contribution in [0.3, 0.4) is 0 Å². The minimum atomic E-state index is -4.60. The molecule has 0 aliphatic carbocycles. The monoisotopic (exact) mass is 322 g/mol. The Bertz CT molecular complexity index is 545. The summed E-state index contributed by atoms with van der Waals surface area (Å²) >= 11 is 6.12. The second-order valence-electron chi connectivity index (χ2n) is 4.26. The Hall–Kier alpha value is -1.21. The number of amides is 1. The maximum absolute atomic E-state index is 12.8. The van der Waals surface area contributed by atoms with Gasteiger partial charge in [0.1, 0.15) is 5.25 Å². The number of nitrogens with zero attached hydrogens (tertiary/aromatic N) is 1. The fourth-order valence-corrected chi connectivity index (χ4v) is 2.96. The Labute approximate surface area is 122 Å². The highest BCUT2D eigenvalue weighted by atomic mass is 35.5. The number of hydrogen-bond acceptors (Lipinski definition) is 3. The van der Waals surface area contributed by atoms with Gasteiger partial charge in [-0.1, -0.05) is 41.1 Å². The molecule has 1 aromatic carbocycles. The molecule has 108 valence electrons. The van der Waals surface area contributed by atoms with Gasteiger partial charge in [-0.3, -0.25) is 9.79 Å². The zero-order valence-electron chi connectivity index (χ0n) is 10.2. The van der Waals surface area contributed by atoms with E-state index in [4.69, 9.17) is 11.6 Å². The molecule has 0 fully saturated rings. The second kappa shape index (κ2) is 5.65. The average Bonchev–Trinajstić information content (AvgIpc) is 2.74. The SMILES string of the molecule is Cc1ccc(NC(=O)C2SC(Cl)=NC2C(F)(F)F)cc1. The highest BCUT2D eigenvalue weighted by molar-refractivity contribution is 8.18. The van der Waals surface area contributed by atoms with Crippen molar-refractivity contribution in [3.63, 3.8) is 0 Å². The van der Waals surface area contributed by atoms with Crippen molar-refractivity contribution in [3.05, 3.63) is 29.8 Å². The summed E-state index contributed by atoms with van der Waals surface area (Å²) in [5.41, 5.74) is 1.42. The zero-order valence-corrected chi connectivity index (χ0v) is 11.8. The molecule has 8 heteroatoms. The molecular weight excluding hydrogens is 313 g/mol. The van der Waals surface area contributed by atoms with E-state index >= 15 is 0 Å². The highest BCUT2D eigenvalue weighted by Gasteiger charge is 2.51. The fraction of sp³-hybridized carbons (Fsp3) is 0.333. The van der Waals surface area contributed by atoms with Gasteiger partial charge in [0.15, 0.2) is 10.5 Å². The topological polar surface area (TPSA) is 41.5 Å². The van der Waals surface area contributed by atoms with E-state index in [0.29, 0.717) is 17.4 Å². The number of carbonyl (C=O) groups is 1. The van der Waals surface area contributed by atoms with Crippen molar-refractivity contribution in [2.75, 3.05) is 5.32 Å². The summed E-state index contributed by atoms with van der Waals surface area (Å²) in [7, 11) is 0. The van der Waals surface area contributed by atoms with Crippen LogP contribution in [0.4, 0.5) is 18.9 Å². The Morgan fingerprint density at radius 3 is 2.50 bits per heavy atom. The number of anilines is 1. The number of nitrogens with one attached hydrogen (secondary N) is 1. The van der Waals surface area contributed by atoms with E-state index in [1.807, 2.05) is 6.92 Å². The number of thioether (sulfide) groups is 1. The number of halogens is 4. The van der Waals surface area contributed by atoms with Gasteiger partial charge in [-0.2, -0.15) is 13.2 Å². The summed E-state index contributed by atoms with van der Waals surface area (Å²) in [4.78, 5) is 15.2. The second-order valence-corrected chi connectivity index (χ2v) is 5.97. The maximum Gasteiger partial charge on any atom is 0.412 e. The molecule has 1 aliphatic rings. The van der Waals surface area contributed by atoms with Gasteiger partial charge in [0, 0.05) is 5.69 Å². The van der Waals surface area contributed by atoms with Crippen LogP contribution in [0.1, 0.15) is 5.56 Å². The molecule has 1 aliphatic heterocycles. The zero-order chi connectivity index (χ0) is 14.9. The van der Waals surface area contributed by atoms with Crippen LogP contribution in [0.5, 0.6) is 0 Å². The Balaban J connectivity index is 2.11. The molecule has 1 aromatic rings. The molecule has 1 amide bonds. The molecule has 2 rings (SSSR count). The van der Waals surface area contributed by atoms with Crippen molar-refractivity contribution in [2.45, 2.75) is 24.4 Å². The molecule has 20 heavy (non-hydrogen) atoms. The van der Waals surface area contributed by atoms with Gasteiger partial charge in [0.2, 0.25) is 5.91 Å². The fourth-order valence-electron chi connectivity index (χ4n) is 1.67. The van der Waals surface area contributed by atoms with E-state index < -0.39 is 23.4 Å². The van der Waals surface area contributed by atoms with Crippen molar-refractivity contribution in [2.24, 2.45) is 4.99 Å². The van der Waals surface area contributed by atoms with Gasteiger partial charge in [-0.05, 0) is 19.1 Å². The van der Waals surface area contributed by atoms with Gasteiger partial charge in [-0.25, -0.2) is 0 Å². The Morgan fingerprint density at radius 2 is 1.95 bits per heavy atom. The van der Waals surface area contributed by atoms with Crippen LogP contribution in [0, 0.1) is 6.92 Å². The van der Waals surface area contributed by atoms with Crippen molar-refractivity contribution in [3.8, 4) is 0 Å². The molecule has 3 nitrogen and oxygen atoms in total. The molecule has 0 bridgehead atoms. The molecule has 1 N–H and O–H groups in total. The lowest BCUT2D eigenvalue weighted by Crippen LogP contribution is -2.41. The van der Waals surface area contributed by atoms with Gasteiger partial charge in [-0.15, -0.1) is 0 Å². The van der Waals surface area contributed by atoms with Crippen molar-refractivity contribution in [1.82, 2.24) is 0 Å². The summed E-state index contributed by atoms with van der Waals surface area (Å²) in [6.45, 7) is 1.87. The summed E-state index contributed by atoms with van der Waals surface area (Å²) in [5.74, 6) is -0.763. The number of rotatable bonds is 2.